The van der Waals surface area contributed by atoms with Crippen molar-refractivity contribution in [3.8, 4) is 23.0 Å². The molecule has 9 heteroatoms. The molecule has 0 fully saturated rings. The summed E-state index contributed by atoms with van der Waals surface area (Å²) in [5.74, 6) is 1.20. The SMILES string of the molecule is Cn1nc(-c2ccc(OCc3ccccc3)nc2OCc2ccccc2)c2ccc(NC(=O)OC(C)(C)C)nc21. The Morgan fingerprint density at radius 2 is 1.48 bits per heavy atom. The first kappa shape index (κ1) is 26.7. The van der Waals surface area contributed by atoms with Crippen molar-refractivity contribution in [3.05, 3.63) is 96.1 Å². The number of nitrogens with zero attached hydrogens (tertiary/aromatic N) is 4. The molecular formula is C31H31N5O4. The summed E-state index contributed by atoms with van der Waals surface area (Å²) in [6, 6.07) is 27.1. The van der Waals surface area contributed by atoms with E-state index in [1.807, 2.05) is 72.8 Å². The first-order valence-electron chi connectivity index (χ1n) is 12.9. The second kappa shape index (κ2) is 11.4. The van der Waals surface area contributed by atoms with Gasteiger partial charge in [0.05, 0.1) is 5.56 Å². The molecule has 3 aromatic heterocycles. The quantitative estimate of drug-likeness (QED) is 0.240. The van der Waals surface area contributed by atoms with Gasteiger partial charge in [-0.2, -0.15) is 10.1 Å². The predicted octanol–water partition coefficient (Wildman–Crippen LogP) is 6.54. The van der Waals surface area contributed by atoms with Crippen molar-refractivity contribution in [1.29, 1.82) is 0 Å². The number of carbonyl (C=O) groups is 1. The van der Waals surface area contributed by atoms with Gasteiger partial charge in [0.2, 0.25) is 11.8 Å². The van der Waals surface area contributed by atoms with Crippen LogP contribution in [-0.4, -0.2) is 31.4 Å². The van der Waals surface area contributed by atoms with E-state index < -0.39 is 11.7 Å². The van der Waals surface area contributed by atoms with Gasteiger partial charge in [0, 0.05) is 18.5 Å². The van der Waals surface area contributed by atoms with E-state index >= 15 is 0 Å². The Morgan fingerprint density at radius 1 is 0.825 bits per heavy atom. The van der Waals surface area contributed by atoms with Crippen LogP contribution in [0, 0.1) is 0 Å². The van der Waals surface area contributed by atoms with Gasteiger partial charge in [-0.15, -0.1) is 0 Å². The van der Waals surface area contributed by atoms with Crippen molar-refractivity contribution < 1.29 is 19.0 Å². The van der Waals surface area contributed by atoms with Gasteiger partial charge in [0.1, 0.15) is 30.3 Å². The number of pyridine rings is 2. The van der Waals surface area contributed by atoms with E-state index in [0.29, 0.717) is 47.7 Å². The Morgan fingerprint density at radius 3 is 2.12 bits per heavy atom. The van der Waals surface area contributed by atoms with Crippen LogP contribution in [0.2, 0.25) is 0 Å². The van der Waals surface area contributed by atoms with Crippen molar-refractivity contribution in [2.45, 2.75) is 39.6 Å². The molecule has 0 bridgehead atoms. The second-order valence-corrected chi connectivity index (χ2v) is 10.2. The average Bonchev–Trinajstić information content (AvgIpc) is 3.26. The Kier molecular flexibility index (Phi) is 7.63. The third-order valence-corrected chi connectivity index (χ3v) is 5.85. The van der Waals surface area contributed by atoms with Crippen molar-refractivity contribution in [2.24, 2.45) is 7.05 Å². The number of aryl methyl sites for hydroxylation is 1. The van der Waals surface area contributed by atoms with Crippen LogP contribution in [0.4, 0.5) is 10.6 Å². The van der Waals surface area contributed by atoms with Gasteiger partial charge in [-0.3, -0.25) is 5.32 Å². The lowest BCUT2D eigenvalue weighted by atomic mass is 10.1. The molecule has 9 nitrogen and oxygen atoms in total. The largest absolute Gasteiger partial charge is 0.473 e. The number of hydrogen-bond donors (Lipinski definition) is 1. The fourth-order valence-corrected chi connectivity index (χ4v) is 4.06. The van der Waals surface area contributed by atoms with Crippen molar-refractivity contribution in [3.63, 3.8) is 0 Å². The van der Waals surface area contributed by atoms with Crippen LogP contribution in [0.5, 0.6) is 11.8 Å². The van der Waals surface area contributed by atoms with E-state index in [0.717, 1.165) is 16.5 Å². The summed E-state index contributed by atoms with van der Waals surface area (Å²) in [4.78, 5) is 21.5. The maximum atomic E-state index is 12.3. The fraction of sp³-hybridized carbons (Fsp3) is 0.226. The number of aromatic nitrogens is 4. The molecule has 5 aromatic rings. The van der Waals surface area contributed by atoms with Gasteiger partial charge in [-0.25, -0.2) is 14.5 Å². The van der Waals surface area contributed by atoms with E-state index in [2.05, 4.69) is 10.3 Å². The van der Waals surface area contributed by atoms with Gasteiger partial charge >= 0.3 is 6.09 Å². The molecule has 0 saturated carbocycles. The van der Waals surface area contributed by atoms with E-state index in [1.54, 1.807) is 44.6 Å². The highest BCUT2D eigenvalue weighted by molar-refractivity contribution is 5.94. The second-order valence-electron chi connectivity index (χ2n) is 10.2. The fourth-order valence-electron chi connectivity index (χ4n) is 4.06. The number of fused-ring (bicyclic) bond motifs is 1. The zero-order chi connectivity index (χ0) is 28.1. The van der Waals surface area contributed by atoms with E-state index in [9.17, 15) is 4.79 Å². The number of anilines is 1. The summed E-state index contributed by atoms with van der Waals surface area (Å²) < 4.78 is 19.2. The lowest BCUT2D eigenvalue weighted by Crippen LogP contribution is -2.27. The number of hydrogen-bond acceptors (Lipinski definition) is 7. The lowest BCUT2D eigenvalue weighted by Gasteiger charge is -2.19. The molecule has 0 saturated heterocycles. The molecule has 0 atom stereocenters. The third-order valence-electron chi connectivity index (χ3n) is 5.85. The third kappa shape index (κ3) is 6.55. The highest BCUT2D eigenvalue weighted by Gasteiger charge is 2.20. The van der Waals surface area contributed by atoms with Crippen molar-refractivity contribution in [2.75, 3.05) is 5.32 Å². The first-order valence-corrected chi connectivity index (χ1v) is 12.9. The number of ether oxygens (including phenoxy) is 3. The van der Waals surface area contributed by atoms with Crippen LogP contribution in [-0.2, 0) is 25.0 Å². The predicted molar refractivity (Wildman–Crippen MR) is 153 cm³/mol. The van der Waals surface area contributed by atoms with Gasteiger partial charge < -0.3 is 14.2 Å². The van der Waals surface area contributed by atoms with Crippen LogP contribution in [0.25, 0.3) is 22.3 Å². The van der Waals surface area contributed by atoms with E-state index in [-0.39, 0.29) is 0 Å². The number of rotatable bonds is 8. The summed E-state index contributed by atoms with van der Waals surface area (Å²) in [5, 5.41) is 8.19. The normalized spacial score (nSPS) is 11.3. The topological polar surface area (TPSA) is 100 Å². The van der Waals surface area contributed by atoms with Gasteiger partial charge in [0.15, 0.2) is 5.65 Å². The van der Waals surface area contributed by atoms with Crippen LogP contribution in [0.1, 0.15) is 31.9 Å². The molecule has 1 amide bonds. The van der Waals surface area contributed by atoms with Gasteiger partial charge in [0.25, 0.3) is 0 Å². The molecule has 0 radical (unpaired) electrons. The molecule has 204 valence electrons. The van der Waals surface area contributed by atoms with E-state index in [1.165, 1.54) is 0 Å². The Hall–Kier alpha value is -4.92. The molecular weight excluding hydrogens is 506 g/mol. The summed E-state index contributed by atoms with van der Waals surface area (Å²) in [6.45, 7) is 6.13. The van der Waals surface area contributed by atoms with Crippen molar-refractivity contribution >= 4 is 22.9 Å². The highest BCUT2D eigenvalue weighted by atomic mass is 16.6. The molecule has 2 aromatic carbocycles. The minimum absolute atomic E-state index is 0.329. The molecule has 0 aliphatic carbocycles. The summed E-state index contributed by atoms with van der Waals surface area (Å²) in [7, 11) is 1.80. The Bertz CT molecular complexity index is 1610. The molecule has 0 spiro atoms. The molecule has 3 heterocycles. The monoisotopic (exact) mass is 537 g/mol. The summed E-state index contributed by atoms with van der Waals surface area (Å²) in [6.07, 6.45) is -0.575. The van der Waals surface area contributed by atoms with Crippen LogP contribution < -0.4 is 14.8 Å². The lowest BCUT2D eigenvalue weighted by molar-refractivity contribution is 0.0635. The van der Waals surface area contributed by atoms with Gasteiger partial charge in [-0.1, -0.05) is 60.7 Å². The number of benzene rings is 2. The molecule has 0 aliphatic heterocycles. The standard InChI is InChI=1S/C31H31N5O4/c1-31(2,3)40-30(37)33-25-17-15-23-27(35-36(4)28(23)32-25)24-16-18-26(38-19-21-11-7-5-8-12-21)34-29(24)39-20-22-13-9-6-10-14-22/h5-18H,19-20H2,1-4H3,(H,32,33,37). The molecule has 5 rings (SSSR count). The Labute approximate surface area is 232 Å². The molecule has 1 N–H and O–H groups in total. The maximum Gasteiger partial charge on any atom is 0.413 e. The number of carbonyl (C=O) groups excluding carboxylic acids is 1. The maximum absolute atomic E-state index is 12.3. The highest BCUT2D eigenvalue weighted by Crippen LogP contribution is 2.35. The smallest absolute Gasteiger partial charge is 0.413 e. The number of amides is 1. The van der Waals surface area contributed by atoms with Crippen molar-refractivity contribution in [1.82, 2.24) is 19.7 Å². The van der Waals surface area contributed by atoms with E-state index in [4.69, 9.17) is 24.3 Å². The van der Waals surface area contributed by atoms with Crippen LogP contribution in [0.3, 0.4) is 0 Å². The zero-order valence-electron chi connectivity index (χ0n) is 22.9. The molecule has 0 unspecified atom stereocenters. The van der Waals surface area contributed by atoms with Crippen LogP contribution in [0.15, 0.2) is 84.9 Å². The summed E-state index contributed by atoms with van der Waals surface area (Å²) in [5.41, 5.74) is 3.37. The Balaban J connectivity index is 1.45. The minimum Gasteiger partial charge on any atom is -0.473 e. The molecule has 40 heavy (non-hydrogen) atoms. The first-order chi connectivity index (χ1) is 19.2. The van der Waals surface area contributed by atoms with Gasteiger partial charge in [-0.05, 0) is 50.1 Å². The molecule has 0 aliphatic rings. The summed E-state index contributed by atoms with van der Waals surface area (Å²) >= 11 is 0. The average molecular weight is 538 g/mol. The van der Waals surface area contributed by atoms with Crippen LogP contribution >= 0.6 is 0 Å². The minimum atomic E-state index is -0.617. The number of nitrogens with one attached hydrogen (secondary N) is 1. The zero-order valence-corrected chi connectivity index (χ0v) is 22.9.